The summed E-state index contributed by atoms with van der Waals surface area (Å²) in [6.45, 7) is 7.40. The molecule has 0 aliphatic carbocycles. The van der Waals surface area contributed by atoms with Crippen molar-refractivity contribution in [1.29, 1.82) is 0 Å². The first kappa shape index (κ1) is 18.3. The Morgan fingerprint density at radius 3 is 2.74 bits per heavy atom. The molecular formula is C21H26N4OS. The summed E-state index contributed by atoms with van der Waals surface area (Å²) < 4.78 is 5.46. The summed E-state index contributed by atoms with van der Waals surface area (Å²) >= 11 is 1.70. The van der Waals surface area contributed by atoms with Crippen LogP contribution in [0.1, 0.15) is 25.6 Å². The normalized spacial score (nSPS) is 15.3. The average Bonchev–Trinajstić information content (AvgIpc) is 3.14. The lowest BCUT2D eigenvalue weighted by Crippen LogP contribution is -2.36. The van der Waals surface area contributed by atoms with Crippen LogP contribution < -0.4 is 5.32 Å². The van der Waals surface area contributed by atoms with Crippen LogP contribution in [0, 0.1) is 0 Å². The highest BCUT2D eigenvalue weighted by atomic mass is 32.1. The van der Waals surface area contributed by atoms with Gasteiger partial charge in [0.15, 0.2) is 0 Å². The van der Waals surface area contributed by atoms with Crippen LogP contribution in [0.3, 0.4) is 0 Å². The van der Waals surface area contributed by atoms with Crippen LogP contribution in [0.5, 0.6) is 0 Å². The molecular weight excluding hydrogens is 356 g/mol. The maximum Gasteiger partial charge on any atom is 0.146 e. The molecule has 3 heterocycles. The van der Waals surface area contributed by atoms with Gasteiger partial charge in [-0.3, -0.25) is 4.90 Å². The summed E-state index contributed by atoms with van der Waals surface area (Å²) in [5.41, 5.74) is 2.43. The molecule has 3 aromatic rings. The molecule has 6 heteroatoms. The number of hydrogen-bond donors (Lipinski definition) is 1. The molecule has 0 amide bonds. The van der Waals surface area contributed by atoms with Crippen molar-refractivity contribution in [3.05, 3.63) is 41.5 Å². The molecule has 2 aromatic heterocycles. The van der Waals surface area contributed by atoms with E-state index < -0.39 is 0 Å². The largest absolute Gasteiger partial charge is 0.379 e. The van der Waals surface area contributed by atoms with Gasteiger partial charge < -0.3 is 10.1 Å². The zero-order valence-electron chi connectivity index (χ0n) is 15.8. The number of unbranched alkanes of at least 4 members (excludes halogenated alkanes) is 1. The minimum absolute atomic E-state index is 0.778. The Morgan fingerprint density at radius 2 is 1.96 bits per heavy atom. The number of thiophene rings is 1. The molecule has 0 atom stereocenters. The van der Waals surface area contributed by atoms with Crippen molar-refractivity contribution in [2.24, 2.45) is 0 Å². The molecule has 142 valence electrons. The Labute approximate surface area is 164 Å². The molecule has 1 fully saturated rings. The molecule has 0 bridgehead atoms. The standard InChI is InChI=1S/C21H26N4OS/c1-2-3-9-22-20-19-17(16-7-5-4-6-8-16)15-27-21(19)24-18(23-20)14-25-10-12-26-13-11-25/h4-8,15H,2-3,9-14H2,1H3,(H,22,23,24). The third-order valence-corrected chi connectivity index (χ3v) is 5.73. The lowest BCUT2D eigenvalue weighted by Gasteiger charge is -2.25. The van der Waals surface area contributed by atoms with Crippen LogP contribution in [0.15, 0.2) is 35.7 Å². The predicted octanol–water partition coefficient (Wildman–Crippen LogP) is 4.40. The minimum atomic E-state index is 0.778. The van der Waals surface area contributed by atoms with Gasteiger partial charge in [-0.05, 0) is 12.0 Å². The Bertz CT molecular complexity index is 875. The second-order valence-electron chi connectivity index (χ2n) is 6.85. The Morgan fingerprint density at radius 1 is 1.15 bits per heavy atom. The third-order valence-electron chi connectivity index (χ3n) is 4.86. The smallest absolute Gasteiger partial charge is 0.146 e. The topological polar surface area (TPSA) is 50.3 Å². The molecule has 5 nitrogen and oxygen atoms in total. The zero-order valence-corrected chi connectivity index (χ0v) is 16.6. The Balaban J connectivity index is 1.70. The van der Waals surface area contributed by atoms with Crippen LogP contribution in [0.25, 0.3) is 21.3 Å². The van der Waals surface area contributed by atoms with Crippen LogP contribution in [-0.2, 0) is 11.3 Å². The second-order valence-corrected chi connectivity index (χ2v) is 7.71. The number of nitrogens with zero attached hydrogens (tertiary/aromatic N) is 3. The van der Waals surface area contributed by atoms with Gasteiger partial charge >= 0.3 is 0 Å². The van der Waals surface area contributed by atoms with Crippen molar-refractivity contribution in [1.82, 2.24) is 14.9 Å². The number of hydrogen-bond acceptors (Lipinski definition) is 6. The fourth-order valence-corrected chi connectivity index (χ4v) is 4.32. The molecule has 0 saturated carbocycles. The molecule has 0 spiro atoms. The molecule has 1 aromatic carbocycles. The van der Waals surface area contributed by atoms with Gasteiger partial charge in [-0.2, -0.15) is 0 Å². The summed E-state index contributed by atoms with van der Waals surface area (Å²) in [4.78, 5) is 13.2. The first-order valence-electron chi connectivity index (χ1n) is 9.72. The number of morpholine rings is 1. The van der Waals surface area contributed by atoms with E-state index in [0.717, 1.165) is 74.1 Å². The van der Waals surface area contributed by atoms with Gasteiger partial charge in [-0.1, -0.05) is 43.7 Å². The van der Waals surface area contributed by atoms with Gasteiger partial charge in [0.25, 0.3) is 0 Å². The molecule has 1 saturated heterocycles. The maximum atomic E-state index is 5.46. The average molecular weight is 383 g/mol. The monoisotopic (exact) mass is 382 g/mol. The van der Waals surface area contributed by atoms with E-state index in [1.165, 1.54) is 11.1 Å². The van der Waals surface area contributed by atoms with Crippen LogP contribution in [-0.4, -0.2) is 47.7 Å². The van der Waals surface area contributed by atoms with Crippen LogP contribution >= 0.6 is 11.3 Å². The third kappa shape index (κ3) is 4.29. The van der Waals surface area contributed by atoms with E-state index in [9.17, 15) is 0 Å². The van der Waals surface area contributed by atoms with Crippen molar-refractivity contribution in [3.63, 3.8) is 0 Å². The SMILES string of the molecule is CCCCNc1nc(CN2CCOCC2)nc2scc(-c3ccccc3)c12. The van der Waals surface area contributed by atoms with Crippen molar-refractivity contribution in [3.8, 4) is 11.1 Å². The van der Waals surface area contributed by atoms with Gasteiger partial charge in [0.1, 0.15) is 16.5 Å². The van der Waals surface area contributed by atoms with Gasteiger partial charge in [0.2, 0.25) is 0 Å². The van der Waals surface area contributed by atoms with Gasteiger partial charge in [0.05, 0.1) is 25.1 Å². The van der Waals surface area contributed by atoms with Crippen molar-refractivity contribution >= 4 is 27.4 Å². The van der Waals surface area contributed by atoms with E-state index in [4.69, 9.17) is 14.7 Å². The number of ether oxygens (including phenoxy) is 1. The molecule has 1 aliphatic heterocycles. The number of benzene rings is 1. The molecule has 0 radical (unpaired) electrons. The summed E-state index contributed by atoms with van der Waals surface area (Å²) in [6.07, 6.45) is 2.30. The summed E-state index contributed by atoms with van der Waals surface area (Å²) in [5, 5.41) is 6.93. The van der Waals surface area contributed by atoms with Gasteiger partial charge in [0, 0.05) is 30.6 Å². The molecule has 27 heavy (non-hydrogen) atoms. The van der Waals surface area contributed by atoms with E-state index in [1.54, 1.807) is 11.3 Å². The van der Waals surface area contributed by atoms with Gasteiger partial charge in [-0.15, -0.1) is 11.3 Å². The maximum absolute atomic E-state index is 5.46. The molecule has 4 rings (SSSR count). The number of nitrogens with one attached hydrogen (secondary N) is 1. The van der Waals surface area contributed by atoms with Crippen LogP contribution in [0.2, 0.25) is 0 Å². The highest BCUT2D eigenvalue weighted by Gasteiger charge is 2.18. The van der Waals surface area contributed by atoms with Crippen molar-refractivity contribution in [2.45, 2.75) is 26.3 Å². The van der Waals surface area contributed by atoms with Crippen LogP contribution in [0.4, 0.5) is 5.82 Å². The second kappa shape index (κ2) is 8.78. The fraction of sp³-hybridized carbons (Fsp3) is 0.429. The number of fused-ring (bicyclic) bond motifs is 1. The van der Waals surface area contributed by atoms with Gasteiger partial charge in [-0.25, -0.2) is 9.97 Å². The Hall–Kier alpha value is -2.02. The van der Waals surface area contributed by atoms with E-state index in [1.807, 2.05) is 0 Å². The van der Waals surface area contributed by atoms with Crippen molar-refractivity contribution in [2.75, 3.05) is 38.2 Å². The number of aromatic nitrogens is 2. The number of rotatable bonds is 7. The number of anilines is 1. The first-order chi connectivity index (χ1) is 13.3. The minimum Gasteiger partial charge on any atom is -0.379 e. The Kier molecular flexibility index (Phi) is 5.97. The molecule has 1 N–H and O–H groups in total. The van der Waals surface area contributed by atoms with Crippen molar-refractivity contribution < 1.29 is 4.74 Å². The predicted molar refractivity (Wildman–Crippen MR) is 112 cm³/mol. The zero-order chi connectivity index (χ0) is 18.5. The highest BCUT2D eigenvalue weighted by Crippen LogP contribution is 2.37. The molecule has 1 aliphatic rings. The van der Waals surface area contributed by atoms with E-state index >= 15 is 0 Å². The first-order valence-corrected chi connectivity index (χ1v) is 10.6. The fourth-order valence-electron chi connectivity index (χ4n) is 3.36. The van der Waals surface area contributed by atoms with E-state index in [0.29, 0.717) is 0 Å². The summed E-state index contributed by atoms with van der Waals surface area (Å²) in [5.74, 6) is 1.86. The van der Waals surface area contributed by atoms with E-state index in [-0.39, 0.29) is 0 Å². The lowest BCUT2D eigenvalue weighted by atomic mass is 10.1. The summed E-state index contributed by atoms with van der Waals surface area (Å²) in [7, 11) is 0. The highest BCUT2D eigenvalue weighted by molar-refractivity contribution is 7.17. The quantitative estimate of drug-likeness (QED) is 0.614. The summed E-state index contributed by atoms with van der Waals surface area (Å²) in [6, 6.07) is 10.5. The molecule has 0 unspecified atom stereocenters. The van der Waals surface area contributed by atoms with E-state index in [2.05, 4.69) is 52.9 Å². The lowest BCUT2D eigenvalue weighted by molar-refractivity contribution is 0.0331.